The second-order valence-electron chi connectivity index (χ2n) is 6.29. The quantitative estimate of drug-likeness (QED) is 0.263. The lowest BCUT2D eigenvalue weighted by atomic mass is 9.96. The minimum absolute atomic E-state index is 0.0499. The zero-order valence-corrected chi connectivity index (χ0v) is 19.9. The van der Waals surface area contributed by atoms with Crippen molar-refractivity contribution < 1.29 is 28.3 Å². The van der Waals surface area contributed by atoms with Crippen molar-refractivity contribution in [2.24, 2.45) is 0 Å². The largest absolute Gasteiger partial charge is 0.462 e. The van der Waals surface area contributed by atoms with Crippen molar-refractivity contribution in [2.75, 3.05) is 13.2 Å². The molecule has 0 amide bonds. The molecule has 0 spiro atoms. The van der Waals surface area contributed by atoms with Gasteiger partial charge in [-0.1, -0.05) is 44.0 Å². The second kappa shape index (κ2) is 10.1. The summed E-state index contributed by atoms with van der Waals surface area (Å²) in [4.78, 5) is 38.9. The molecule has 1 heterocycles. The number of furan rings is 1. The number of halogens is 2. The number of benzene rings is 2. The molecule has 0 unspecified atom stereocenters. The van der Waals surface area contributed by atoms with Gasteiger partial charge in [0.15, 0.2) is 5.78 Å². The number of hydrogen-bond acceptors (Lipinski definition) is 6. The summed E-state index contributed by atoms with van der Waals surface area (Å²) in [6.45, 7) is 3.40. The van der Waals surface area contributed by atoms with E-state index in [1.54, 1.807) is 62.4 Å². The number of esters is 2. The molecule has 6 nitrogen and oxygen atoms in total. The van der Waals surface area contributed by atoms with E-state index < -0.39 is 17.7 Å². The van der Waals surface area contributed by atoms with Crippen LogP contribution in [0.4, 0.5) is 0 Å². The molecule has 3 aromatic rings. The van der Waals surface area contributed by atoms with E-state index >= 15 is 0 Å². The fourth-order valence-corrected chi connectivity index (χ4v) is 3.47. The maximum absolute atomic E-state index is 13.5. The highest BCUT2D eigenvalue weighted by molar-refractivity contribution is 9.10. The highest BCUT2D eigenvalue weighted by Crippen LogP contribution is 2.35. The third-order valence-electron chi connectivity index (χ3n) is 4.29. The maximum Gasteiger partial charge on any atom is 0.375 e. The van der Waals surface area contributed by atoms with Crippen LogP contribution in [0, 0.1) is 0 Å². The van der Waals surface area contributed by atoms with Gasteiger partial charge in [0.25, 0.3) is 0 Å². The lowest BCUT2D eigenvalue weighted by molar-refractivity contribution is 0.0452. The van der Waals surface area contributed by atoms with Gasteiger partial charge in [-0.05, 0) is 50.2 Å². The summed E-state index contributed by atoms with van der Waals surface area (Å²) < 4.78 is 17.6. The summed E-state index contributed by atoms with van der Waals surface area (Å²) >= 11 is 6.70. The van der Waals surface area contributed by atoms with Crippen LogP contribution < -0.4 is 0 Å². The Bertz CT molecular complexity index is 1110. The molecule has 8 heteroatoms. The molecule has 0 saturated carbocycles. The van der Waals surface area contributed by atoms with Crippen molar-refractivity contribution in [3.05, 3.63) is 79.9 Å². The van der Waals surface area contributed by atoms with Gasteiger partial charge in [0.1, 0.15) is 11.3 Å². The van der Waals surface area contributed by atoms with Crippen LogP contribution in [0.2, 0.25) is 0 Å². The summed E-state index contributed by atoms with van der Waals surface area (Å²) in [7, 11) is 0. The van der Waals surface area contributed by atoms with Gasteiger partial charge in [-0.2, -0.15) is 0 Å². The Morgan fingerprint density at radius 3 is 1.84 bits per heavy atom. The first kappa shape index (κ1) is 23.0. The minimum atomic E-state index is -0.848. The van der Waals surface area contributed by atoms with Gasteiger partial charge in [0.05, 0.1) is 18.8 Å². The SMILES string of the molecule is CCOC(=O)c1oc(-c2ccc(Br)cc2)c(C(=O)c2ccc(Br)cc2)c1C(=O)OCC. The standard InChI is InChI=1S/C23H18Br2O6/c1-3-29-22(27)18-17(19(26)13-5-9-15(24)10-6-13)20(14-7-11-16(25)12-8-14)31-21(18)23(28)30-4-2/h5-12H,3-4H2,1-2H3. The molecule has 0 aliphatic rings. The third-order valence-corrected chi connectivity index (χ3v) is 5.35. The van der Waals surface area contributed by atoms with Crippen molar-refractivity contribution in [1.82, 2.24) is 0 Å². The van der Waals surface area contributed by atoms with Crippen molar-refractivity contribution in [2.45, 2.75) is 13.8 Å². The predicted octanol–water partition coefficient (Wildman–Crippen LogP) is 6.06. The molecule has 160 valence electrons. The summed E-state index contributed by atoms with van der Waals surface area (Å²) in [6.07, 6.45) is 0. The van der Waals surface area contributed by atoms with Crippen LogP contribution in [0.15, 0.2) is 61.9 Å². The van der Waals surface area contributed by atoms with Gasteiger partial charge in [-0.3, -0.25) is 4.79 Å². The summed E-state index contributed by atoms with van der Waals surface area (Å²) in [5.41, 5.74) is 0.547. The van der Waals surface area contributed by atoms with Crippen LogP contribution in [0.25, 0.3) is 11.3 Å². The highest BCUT2D eigenvalue weighted by atomic mass is 79.9. The third kappa shape index (κ3) is 4.97. The van der Waals surface area contributed by atoms with E-state index in [4.69, 9.17) is 13.9 Å². The molecule has 0 atom stereocenters. The predicted molar refractivity (Wildman–Crippen MR) is 121 cm³/mol. The van der Waals surface area contributed by atoms with E-state index in [1.807, 2.05) is 0 Å². The topological polar surface area (TPSA) is 82.8 Å². The fraction of sp³-hybridized carbons (Fsp3) is 0.174. The van der Waals surface area contributed by atoms with Crippen LogP contribution in [-0.2, 0) is 9.47 Å². The molecule has 0 bridgehead atoms. The van der Waals surface area contributed by atoms with E-state index in [2.05, 4.69) is 31.9 Å². The lowest BCUT2D eigenvalue weighted by Crippen LogP contribution is -2.16. The molecule has 1 aromatic heterocycles. The average molecular weight is 550 g/mol. The van der Waals surface area contributed by atoms with E-state index in [-0.39, 0.29) is 35.9 Å². The second-order valence-corrected chi connectivity index (χ2v) is 8.13. The lowest BCUT2D eigenvalue weighted by Gasteiger charge is -2.07. The molecular weight excluding hydrogens is 532 g/mol. The van der Waals surface area contributed by atoms with Crippen LogP contribution >= 0.6 is 31.9 Å². The molecular formula is C23H18Br2O6. The molecule has 0 aliphatic carbocycles. The molecule has 0 N–H and O–H groups in total. The van der Waals surface area contributed by atoms with Gasteiger partial charge in [0.2, 0.25) is 5.76 Å². The molecule has 0 aliphatic heterocycles. The van der Waals surface area contributed by atoms with Crippen LogP contribution in [0.5, 0.6) is 0 Å². The van der Waals surface area contributed by atoms with E-state index in [0.29, 0.717) is 11.1 Å². The Hall–Kier alpha value is -2.71. The number of hydrogen-bond donors (Lipinski definition) is 0. The summed E-state index contributed by atoms with van der Waals surface area (Å²) in [5.74, 6) is -2.44. The molecule has 0 radical (unpaired) electrons. The molecule has 0 saturated heterocycles. The van der Waals surface area contributed by atoms with E-state index in [9.17, 15) is 14.4 Å². The number of rotatable bonds is 7. The maximum atomic E-state index is 13.5. The Labute approximate surface area is 195 Å². The monoisotopic (exact) mass is 548 g/mol. The van der Waals surface area contributed by atoms with Crippen molar-refractivity contribution in [3.8, 4) is 11.3 Å². The van der Waals surface area contributed by atoms with E-state index in [0.717, 1.165) is 8.95 Å². The number of ketones is 1. The number of carbonyl (C=O) groups excluding carboxylic acids is 3. The van der Waals surface area contributed by atoms with Crippen molar-refractivity contribution in [3.63, 3.8) is 0 Å². The molecule has 0 fully saturated rings. The molecule has 31 heavy (non-hydrogen) atoms. The smallest absolute Gasteiger partial charge is 0.375 e. The van der Waals surface area contributed by atoms with Crippen LogP contribution in [-0.4, -0.2) is 30.9 Å². The Kier molecular flexibility index (Phi) is 7.46. The zero-order chi connectivity index (χ0) is 22.5. The van der Waals surface area contributed by atoms with Gasteiger partial charge in [-0.15, -0.1) is 0 Å². The first-order valence-corrected chi connectivity index (χ1v) is 11.0. The van der Waals surface area contributed by atoms with Gasteiger partial charge >= 0.3 is 11.9 Å². The van der Waals surface area contributed by atoms with Crippen molar-refractivity contribution >= 4 is 49.6 Å². The van der Waals surface area contributed by atoms with Gasteiger partial charge < -0.3 is 13.9 Å². The highest BCUT2D eigenvalue weighted by Gasteiger charge is 2.35. The first-order valence-electron chi connectivity index (χ1n) is 9.44. The zero-order valence-electron chi connectivity index (χ0n) is 16.7. The Morgan fingerprint density at radius 1 is 0.774 bits per heavy atom. The van der Waals surface area contributed by atoms with Gasteiger partial charge in [0, 0.05) is 20.1 Å². The van der Waals surface area contributed by atoms with E-state index in [1.165, 1.54) is 0 Å². The summed E-state index contributed by atoms with van der Waals surface area (Å²) in [5, 5.41) is 0. The van der Waals surface area contributed by atoms with Crippen LogP contribution in [0.1, 0.15) is 50.7 Å². The summed E-state index contributed by atoms with van der Waals surface area (Å²) in [6, 6.07) is 13.6. The van der Waals surface area contributed by atoms with Crippen molar-refractivity contribution in [1.29, 1.82) is 0 Å². The number of carbonyl (C=O) groups is 3. The average Bonchev–Trinajstić information content (AvgIpc) is 3.15. The molecule has 3 rings (SSSR count). The van der Waals surface area contributed by atoms with Gasteiger partial charge in [-0.25, -0.2) is 9.59 Å². The first-order chi connectivity index (χ1) is 14.9. The Morgan fingerprint density at radius 2 is 1.29 bits per heavy atom. The normalized spacial score (nSPS) is 10.6. The number of ether oxygens (including phenoxy) is 2. The molecule has 2 aromatic carbocycles. The van der Waals surface area contributed by atoms with Crippen LogP contribution in [0.3, 0.4) is 0 Å². The Balaban J connectivity index is 2.30. The minimum Gasteiger partial charge on any atom is -0.462 e. The fourth-order valence-electron chi connectivity index (χ4n) is 2.94.